The summed E-state index contributed by atoms with van der Waals surface area (Å²) in [6, 6.07) is 8.24. The number of benzene rings is 1. The van der Waals surface area contributed by atoms with Crippen molar-refractivity contribution in [3.8, 4) is 0 Å². The summed E-state index contributed by atoms with van der Waals surface area (Å²) in [5.74, 6) is 0. The Balaban J connectivity index is 2.86. The summed E-state index contributed by atoms with van der Waals surface area (Å²) in [4.78, 5) is 2.66. The minimum absolute atomic E-state index is 0.189. The highest BCUT2D eigenvalue weighted by molar-refractivity contribution is 9.10. The third-order valence-electron chi connectivity index (χ3n) is 1.51. The van der Waals surface area contributed by atoms with Gasteiger partial charge in [-0.1, -0.05) is 28.1 Å². The maximum Gasteiger partial charge on any atom is 0.0442 e. The van der Waals surface area contributed by atoms with Crippen LogP contribution in [0, 0.1) is 0 Å². The Morgan fingerprint density at radius 2 is 2.27 bits per heavy atom. The van der Waals surface area contributed by atoms with Gasteiger partial charge in [-0.3, -0.25) is 0 Å². The Hall–Kier alpha value is -0.0500. The van der Waals surface area contributed by atoms with Crippen LogP contribution in [-0.2, 0) is 0 Å². The van der Waals surface area contributed by atoms with Gasteiger partial charge in [-0.15, -0.1) is 0 Å². The second-order valence-electron chi connectivity index (χ2n) is 2.39. The van der Waals surface area contributed by atoms with Crippen molar-refractivity contribution >= 4 is 27.7 Å². The van der Waals surface area contributed by atoms with Crippen molar-refractivity contribution < 1.29 is 0 Å². The highest BCUT2D eigenvalue weighted by Crippen LogP contribution is 2.17. The molecule has 0 aliphatic rings. The van der Waals surface area contributed by atoms with Crippen molar-refractivity contribution in [2.75, 3.05) is 0 Å². The molecule has 0 amide bonds. The quantitative estimate of drug-likeness (QED) is 0.775. The van der Waals surface area contributed by atoms with Crippen LogP contribution in [0.4, 0.5) is 0 Å². The van der Waals surface area contributed by atoms with E-state index in [1.54, 1.807) is 0 Å². The molecule has 0 aliphatic heterocycles. The van der Waals surface area contributed by atoms with Crippen LogP contribution in [0.15, 0.2) is 28.7 Å². The predicted octanol–water partition coefficient (Wildman–Crippen LogP) is 3.25. The van der Waals surface area contributed by atoms with Gasteiger partial charge in [-0.25, -0.2) is 4.84 Å². The predicted molar refractivity (Wildman–Crippen MR) is 51.5 cm³/mol. The van der Waals surface area contributed by atoms with Crippen molar-refractivity contribution in [3.63, 3.8) is 0 Å². The monoisotopic (exact) mass is 233 g/mol. The molecule has 1 aromatic rings. The summed E-state index contributed by atoms with van der Waals surface area (Å²) < 4.78 is 1.08. The number of hydrogen-bond acceptors (Lipinski definition) is 1. The van der Waals surface area contributed by atoms with Gasteiger partial charge in [0.05, 0.1) is 0 Å². The molecule has 0 saturated heterocycles. The van der Waals surface area contributed by atoms with Crippen LogP contribution in [0.1, 0.15) is 18.5 Å². The lowest BCUT2D eigenvalue weighted by molar-refractivity contribution is 0.745. The van der Waals surface area contributed by atoms with Gasteiger partial charge >= 0.3 is 0 Å². The minimum atomic E-state index is 0.189. The van der Waals surface area contributed by atoms with Gasteiger partial charge in [0, 0.05) is 10.5 Å². The lowest BCUT2D eigenvalue weighted by Crippen LogP contribution is -2.05. The van der Waals surface area contributed by atoms with Crippen LogP contribution < -0.4 is 4.84 Å². The Kier molecular flexibility index (Phi) is 3.37. The molecule has 1 nitrogen and oxygen atoms in total. The van der Waals surface area contributed by atoms with E-state index in [4.69, 9.17) is 11.8 Å². The number of hydrogen-bond donors (Lipinski definition) is 1. The molecule has 0 fully saturated rings. The number of halogens is 2. The Bertz CT molecular complexity index is 239. The maximum absolute atomic E-state index is 5.47. The molecule has 0 saturated carbocycles. The zero-order valence-corrected chi connectivity index (χ0v) is 8.48. The lowest BCUT2D eigenvalue weighted by Gasteiger charge is -2.08. The normalized spacial score (nSPS) is 13.0. The van der Waals surface area contributed by atoms with Gasteiger partial charge in [0.2, 0.25) is 0 Å². The second kappa shape index (κ2) is 4.10. The highest BCUT2D eigenvalue weighted by atomic mass is 79.9. The molecule has 60 valence electrons. The molecule has 1 N–H and O–H groups in total. The van der Waals surface area contributed by atoms with Crippen molar-refractivity contribution in [1.29, 1.82) is 0 Å². The molecule has 1 atom stereocenters. The summed E-state index contributed by atoms with van der Waals surface area (Å²) >= 11 is 8.86. The molecule has 0 aliphatic carbocycles. The van der Waals surface area contributed by atoms with Gasteiger partial charge in [0.1, 0.15) is 0 Å². The molecule has 1 rings (SSSR count). The van der Waals surface area contributed by atoms with E-state index < -0.39 is 0 Å². The van der Waals surface area contributed by atoms with Crippen molar-refractivity contribution in [3.05, 3.63) is 34.3 Å². The average Bonchev–Trinajstić information content (AvgIpc) is 2.03. The molecule has 1 aromatic carbocycles. The second-order valence-corrected chi connectivity index (χ2v) is 3.52. The summed E-state index contributed by atoms with van der Waals surface area (Å²) in [5.41, 5.74) is 1.18. The molecule has 0 aromatic heterocycles. The third-order valence-corrected chi connectivity index (χ3v) is 2.33. The minimum Gasteiger partial charge on any atom is -0.226 e. The van der Waals surface area contributed by atoms with Crippen LogP contribution in [0.3, 0.4) is 0 Å². The molecular weight excluding hydrogens is 225 g/mol. The largest absolute Gasteiger partial charge is 0.226 e. The lowest BCUT2D eigenvalue weighted by atomic mass is 10.1. The van der Waals surface area contributed by atoms with E-state index in [1.165, 1.54) is 5.56 Å². The molecule has 1 unspecified atom stereocenters. The van der Waals surface area contributed by atoms with E-state index in [0.29, 0.717) is 0 Å². The first kappa shape index (κ1) is 9.04. The van der Waals surface area contributed by atoms with E-state index in [1.807, 2.05) is 31.2 Å². The highest BCUT2D eigenvalue weighted by Gasteiger charge is 2.01. The first-order valence-corrected chi connectivity index (χ1v) is 4.52. The first-order valence-electron chi connectivity index (χ1n) is 3.35. The van der Waals surface area contributed by atoms with E-state index in [9.17, 15) is 0 Å². The maximum atomic E-state index is 5.47. The summed E-state index contributed by atoms with van der Waals surface area (Å²) in [6.45, 7) is 2.01. The van der Waals surface area contributed by atoms with Crippen molar-refractivity contribution in [2.45, 2.75) is 13.0 Å². The van der Waals surface area contributed by atoms with Crippen LogP contribution in [-0.4, -0.2) is 0 Å². The third kappa shape index (κ3) is 2.47. The van der Waals surface area contributed by atoms with Crippen molar-refractivity contribution in [1.82, 2.24) is 4.84 Å². The number of rotatable bonds is 2. The van der Waals surface area contributed by atoms with E-state index in [2.05, 4.69) is 20.8 Å². The van der Waals surface area contributed by atoms with Crippen molar-refractivity contribution in [2.24, 2.45) is 0 Å². The standard InChI is InChI=1S/C8H9BrClN/c1-6(11-10)7-3-2-4-8(9)5-7/h2-6,11H,1H3. The van der Waals surface area contributed by atoms with Gasteiger partial charge in [0.15, 0.2) is 0 Å². The van der Waals surface area contributed by atoms with Gasteiger partial charge in [-0.05, 0) is 36.4 Å². The molecular formula is C8H9BrClN. The van der Waals surface area contributed by atoms with E-state index in [0.717, 1.165) is 4.47 Å². The summed E-state index contributed by atoms with van der Waals surface area (Å²) in [5, 5.41) is 0. The fraction of sp³-hybridized carbons (Fsp3) is 0.250. The van der Waals surface area contributed by atoms with Gasteiger partial charge in [-0.2, -0.15) is 0 Å². The van der Waals surface area contributed by atoms with Crippen LogP contribution in [0.5, 0.6) is 0 Å². The molecule has 3 heteroatoms. The van der Waals surface area contributed by atoms with E-state index in [-0.39, 0.29) is 6.04 Å². The fourth-order valence-electron chi connectivity index (χ4n) is 0.839. The smallest absolute Gasteiger partial charge is 0.0442 e. The van der Waals surface area contributed by atoms with Crippen LogP contribution in [0.2, 0.25) is 0 Å². The molecule has 0 radical (unpaired) electrons. The topological polar surface area (TPSA) is 12.0 Å². The van der Waals surface area contributed by atoms with E-state index >= 15 is 0 Å². The molecule has 0 spiro atoms. The zero-order valence-electron chi connectivity index (χ0n) is 6.14. The Morgan fingerprint density at radius 1 is 1.55 bits per heavy atom. The molecule has 11 heavy (non-hydrogen) atoms. The molecule has 0 bridgehead atoms. The zero-order chi connectivity index (χ0) is 8.27. The molecule has 0 heterocycles. The Labute approximate surface area is 80.0 Å². The SMILES string of the molecule is CC(NCl)c1cccc(Br)c1. The van der Waals surface area contributed by atoms with Gasteiger partial charge in [0.25, 0.3) is 0 Å². The first-order chi connectivity index (χ1) is 5.24. The fourth-order valence-corrected chi connectivity index (χ4v) is 1.38. The van der Waals surface area contributed by atoms with Crippen LogP contribution >= 0.6 is 27.7 Å². The number of nitrogens with one attached hydrogen (secondary N) is 1. The average molecular weight is 235 g/mol. The summed E-state index contributed by atoms with van der Waals surface area (Å²) in [6.07, 6.45) is 0. The summed E-state index contributed by atoms with van der Waals surface area (Å²) in [7, 11) is 0. The Morgan fingerprint density at radius 3 is 2.82 bits per heavy atom. The van der Waals surface area contributed by atoms with Gasteiger partial charge < -0.3 is 0 Å². The van der Waals surface area contributed by atoms with Crippen LogP contribution in [0.25, 0.3) is 0 Å².